The van der Waals surface area contributed by atoms with E-state index in [1.165, 1.54) is 0 Å². The van der Waals surface area contributed by atoms with Crippen molar-refractivity contribution in [2.45, 2.75) is 26.9 Å². The molecule has 19 heavy (non-hydrogen) atoms. The van der Waals surface area contributed by atoms with Gasteiger partial charge in [0.1, 0.15) is 6.10 Å². The van der Waals surface area contributed by atoms with Gasteiger partial charge < -0.3 is 9.84 Å². The summed E-state index contributed by atoms with van der Waals surface area (Å²) in [5.41, 5.74) is 4.44. The molecular weight excluding hydrogens is 264 g/mol. The quantitative estimate of drug-likeness (QED) is 0.522. The lowest BCUT2D eigenvalue weighted by molar-refractivity contribution is -0.138. The van der Waals surface area contributed by atoms with Gasteiger partial charge in [0.15, 0.2) is 0 Å². The van der Waals surface area contributed by atoms with Crippen molar-refractivity contribution in [1.29, 1.82) is 0 Å². The molecule has 0 aromatic heterocycles. The molecule has 1 N–H and O–H groups in total. The van der Waals surface area contributed by atoms with E-state index in [1.54, 1.807) is 45.0 Å². The normalized spacial score (nSPS) is 11.4. The molecule has 3 nitrogen and oxygen atoms in total. The third-order valence-corrected chi connectivity index (χ3v) is 2.81. The van der Waals surface area contributed by atoms with E-state index in [2.05, 4.69) is 5.73 Å². The Bertz CT molecular complexity index is 511. The Morgan fingerprint density at radius 1 is 1.37 bits per heavy atom. The van der Waals surface area contributed by atoms with Gasteiger partial charge in [-0.05, 0) is 38.5 Å². The van der Waals surface area contributed by atoms with Gasteiger partial charge in [0, 0.05) is 10.6 Å². The van der Waals surface area contributed by atoms with E-state index in [0.717, 1.165) is 0 Å². The first kappa shape index (κ1) is 15.5. The van der Waals surface area contributed by atoms with Crippen LogP contribution in [0.25, 0.3) is 0 Å². The van der Waals surface area contributed by atoms with Crippen molar-refractivity contribution in [2.75, 3.05) is 6.61 Å². The summed E-state index contributed by atoms with van der Waals surface area (Å²) < 4.78 is 4.85. The second kappa shape index (κ2) is 7.15. The van der Waals surface area contributed by atoms with E-state index < -0.39 is 12.1 Å². The molecule has 0 saturated heterocycles. The van der Waals surface area contributed by atoms with Crippen LogP contribution in [-0.4, -0.2) is 17.7 Å². The van der Waals surface area contributed by atoms with E-state index >= 15 is 0 Å². The van der Waals surface area contributed by atoms with Gasteiger partial charge in [-0.3, -0.25) is 0 Å². The highest BCUT2D eigenvalue weighted by Crippen LogP contribution is 2.22. The van der Waals surface area contributed by atoms with Crippen molar-refractivity contribution in [3.63, 3.8) is 0 Å². The highest BCUT2D eigenvalue weighted by Gasteiger charge is 2.10. The van der Waals surface area contributed by atoms with Crippen LogP contribution < -0.4 is 0 Å². The van der Waals surface area contributed by atoms with Crippen LogP contribution in [0.1, 0.15) is 32.4 Å². The lowest BCUT2D eigenvalue weighted by Crippen LogP contribution is -2.05. The van der Waals surface area contributed by atoms with Crippen molar-refractivity contribution in [1.82, 2.24) is 0 Å². The summed E-state index contributed by atoms with van der Waals surface area (Å²) in [6, 6.07) is 6.88. The number of carbonyl (C=O) groups is 1. The second-order valence-electron chi connectivity index (χ2n) is 4.11. The first-order valence-electron chi connectivity index (χ1n) is 6.00. The molecule has 1 atom stereocenters. The molecule has 0 spiro atoms. The summed E-state index contributed by atoms with van der Waals surface area (Å²) in [5.74, 6) is -0.426. The number of esters is 1. The van der Waals surface area contributed by atoms with Crippen LogP contribution in [0.2, 0.25) is 5.02 Å². The molecular formula is C15H17ClO3. The minimum Gasteiger partial charge on any atom is -0.462 e. The summed E-state index contributed by atoms with van der Waals surface area (Å²) in [7, 11) is 0. The first-order valence-corrected chi connectivity index (χ1v) is 6.38. The van der Waals surface area contributed by atoms with Crippen molar-refractivity contribution >= 4 is 17.6 Å². The molecule has 0 aliphatic carbocycles. The van der Waals surface area contributed by atoms with Gasteiger partial charge >= 0.3 is 5.97 Å². The zero-order valence-electron chi connectivity index (χ0n) is 11.2. The number of carbonyl (C=O) groups excluding carboxylic acids is 1. The summed E-state index contributed by atoms with van der Waals surface area (Å²) >= 11 is 5.79. The standard InChI is InChI=1S/C15H17ClO3/c1-4-19-15(18)11(3)9-10(2)14(17)12-5-7-13(16)8-6-12/h5-8,14,17H,4H2,1-3H3/t9?,14-/m1/s1. The number of benzene rings is 1. The summed E-state index contributed by atoms with van der Waals surface area (Å²) in [6.07, 6.45) is -0.818. The number of ether oxygens (including phenoxy) is 1. The van der Waals surface area contributed by atoms with Gasteiger partial charge in [-0.1, -0.05) is 23.7 Å². The molecule has 102 valence electrons. The van der Waals surface area contributed by atoms with Gasteiger partial charge in [-0.15, -0.1) is 5.73 Å². The van der Waals surface area contributed by atoms with Crippen LogP contribution in [0.5, 0.6) is 0 Å². The number of halogens is 1. The highest BCUT2D eigenvalue weighted by molar-refractivity contribution is 6.30. The van der Waals surface area contributed by atoms with E-state index in [-0.39, 0.29) is 0 Å². The Hall–Kier alpha value is -1.54. The van der Waals surface area contributed by atoms with Gasteiger partial charge in [0.2, 0.25) is 0 Å². The minimum absolute atomic E-state index is 0.316. The van der Waals surface area contributed by atoms with Gasteiger partial charge in [0.05, 0.1) is 12.2 Å². The van der Waals surface area contributed by atoms with Crippen LogP contribution >= 0.6 is 11.6 Å². The maximum atomic E-state index is 11.4. The highest BCUT2D eigenvalue weighted by atomic mass is 35.5. The topological polar surface area (TPSA) is 46.5 Å². The fourth-order valence-electron chi connectivity index (χ4n) is 1.55. The molecule has 0 heterocycles. The lowest BCUT2D eigenvalue weighted by Gasteiger charge is -2.10. The van der Waals surface area contributed by atoms with Crippen LogP contribution in [0.3, 0.4) is 0 Å². The predicted molar refractivity (Wildman–Crippen MR) is 74.9 cm³/mol. The first-order chi connectivity index (χ1) is 8.95. The SMILES string of the molecule is CCOC(=O)C(C)=C=C(C)[C@@H](O)c1ccc(Cl)cc1. The number of hydrogen-bond donors (Lipinski definition) is 1. The minimum atomic E-state index is -0.818. The van der Waals surface area contributed by atoms with Crippen LogP contribution in [0, 0.1) is 0 Å². The molecule has 0 unspecified atom stereocenters. The van der Waals surface area contributed by atoms with Gasteiger partial charge in [0.25, 0.3) is 0 Å². The Morgan fingerprint density at radius 3 is 2.47 bits per heavy atom. The number of aliphatic hydroxyl groups excluding tert-OH is 1. The second-order valence-corrected chi connectivity index (χ2v) is 4.54. The van der Waals surface area contributed by atoms with E-state index in [0.29, 0.717) is 28.3 Å². The molecule has 0 bridgehead atoms. The molecule has 0 saturated carbocycles. The fourth-order valence-corrected chi connectivity index (χ4v) is 1.68. The molecule has 0 amide bonds. The van der Waals surface area contributed by atoms with Crippen LogP contribution in [0.4, 0.5) is 0 Å². The predicted octanol–water partition coefficient (Wildman–Crippen LogP) is 3.43. The maximum absolute atomic E-state index is 11.4. The Kier molecular flexibility index (Phi) is 5.84. The molecule has 0 aliphatic heterocycles. The largest absolute Gasteiger partial charge is 0.462 e. The summed E-state index contributed by atoms with van der Waals surface area (Å²) in [5, 5.41) is 10.7. The smallest absolute Gasteiger partial charge is 0.341 e. The van der Waals surface area contributed by atoms with Gasteiger partial charge in [-0.25, -0.2) is 4.79 Å². The molecule has 0 aliphatic rings. The monoisotopic (exact) mass is 280 g/mol. The van der Waals surface area contributed by atoms with Crippen molar-refractivity contribution in [3.05, 3.63) is 51.7 Å². The van der Waals surface area contributed by atoms with Crippen molar-refractivity contribution in [3.8, 4) is 0 Å². The number of rotatable bonds is 4. The summed E-state index contributed by atoms with van der Waals surface area (Å²) in [4.78, 5) is 11.4. The number of aliphatic hydroxyl groups is 1. The third kappa shape index (κ3) is 4.56. The van der Waals surface area contributed by atoms with Crippen molar-refractivity contribution < 1.29 is 14.6 Å². The van der Waals surface area contributed by atoms with Gasteiger partial charge in [-0.2, -0.15) is 0 Å². The fraction of sp³-hybridized carbons (Fsp3) is 0.333. The molecule has 1 aromatic rings. The van der Waals surface area contributed by atoms with Crippen LogP contribution in [-0.2, 0) is 9.53 Å². The molecule has 4 heteroatoms. The Labute approximate surface area is 118 Å². The third-order valence-electron chi connectivity index (χ3n) is 2.56. The molecule has 1 aromatic carbocycles. The lowest BCUT2D eigenvalue weighted by atomic mass is 10.0. The van der Waals surface area contributed by atoms with E-state index in [9.17, 15) is 9.90 Å². The average molecular weight is 281 g/mol. The zero-order valence-corrected chi connectivity index (χ0v) is 12.0. The number of hydrogen-bond acceptors (Lipinski definition) is 3. The van der Waals surface area contributed by atoms with Crippen molar-refractivity contribution in [2.24, 2.45) is 0 Å². The zero-order chi connectivity index (χ0) is 14.4. The Balaban J connectivity index is 2.98. The van der Waals surface area contributed by atoms with E-state index in [1.807, 2.05) is 0 Å². The van der Waals surface area contributed by atoms with E-state index in [4.69, 9.17) is 16.3 Å². The molecule has 0 fully saturated rings. The molecule has 1 rings (SSSR count). The maximum Gasteiger partial charge on any atom is 0.341 e. The molecule has 0 radical (unpaired) electrons. The average Bonchev–Trinajstić information content (AvgIpc) is 2.38. The van der Waals surface area contributed by atoms with Crippen LogP contribution in [0.15, 0.2) is 41.1 Å². The summed E-state index contributed by atoms with van der Waals surface area (Å²) in [6.45, 7) is 5.37. The Morgan fingerprint density at radius 2 is 1.95 bits per heavy atom.